The Hall–Kier alpha value is -1.32. The number of nitrogens with zero attached hydrogens (tertiary/aromatic N) is 1. The van der Waals surface area contributed by atoms with Crippen LogP contribution in [0.5, 0.6) is 0 Å². The summed E-state index contributed by atoms with van der Waals surface area (Å²) in [5.74, 6) is -0.655. The topological polar surface area (TPSA) is 52.3 Å². The molecule has 0 spiro atoms. The van der Waals surface area contributed by atoms with Crippen molar-refractivity contribution in [3.63, 3.8) is 0 Å². The lowest BCUT2D eigenvalue weighted by atomic mass is 10.1. The molecule has 1 heterocycles. The summed E-state index contributed by atoms with van der Waals surface area (Å²) < 4.78 is 9.23. The van der Waals surface area contributed by atoms with Gasteiger partial charge in [0.05, 0.1) is 18.7 Å². The van der Waals surface area contributed by atoms with Gasteiger partial charge in [0, 0.05) is 0 Å². The van der Waals surface area contributed by atoms with Crippen LogP contribution in [0.1, 0.15) is 18.5 Å². The van der Waals surface area contributed by atoms with Crippen LogP contribution < -0.4 is 0 Å². The van der Waals surface area contributed by atoms with E-state index in [9.17, 15) is 4.79 Å². The van der Waals surface area contributed by atoms with Gasteiger partial charge >= 0.3 is 5.97 Å². The first kappa shape index (κ1) is 7.78. The van der Waals surface area contributed by atoms with Crippen LogP contribution in [0.25, 0.3) is 0 Å². The molecule has 0 saturated carbocycles. The summed E-state index contributed by atoms with van der Waals surface area (Å²) in [4.78, 5) is 14.7. The standard InChI is InChI=1S/C7H9NO3/c1-5(7(9)10-2)6-3-11-4-8-6/h3-5H,1-2H3. The van der Waals surface area contributed by atoms with Crippen molar-refractivity contribution in [2.24, 2.45) is 0 Å². The van der Waals surface area contributed by atoms with E-state index in [1.807, 2.05) is 0 Å². The summed E-state index contributed by atoms with van der Waals surface area (Å²) in [6.07, 6.45) is 2.72. The second-order valence-corrected chi connectivity index (χ2v) is 2.16. The molecule has 0 radical (unpaired) electrons. The molecule has 1 atom stereocenters. The third kappa shape index (κ3) is 1.58. The molecule has 4 nitrogen and oxygen atoms in total. The van der Waals surface area contributed by atoms with E-state index >= 15 is 0 Å². The first-order valence-electron chi connectivity index (χ1n) is 3.21. The molecule has 0 bridgehead atoms. The number of oxazole rings is 1. The Kier molecular flexibility index (Phi) is 2.25. The number of carbonyl (C=O) groups is 1. The summed E-state index contributed by atoms with van der Waals surface area (Å²) in [5, 5.41) is 0. The van der Waals surface area contributed by atoms with Crippen LogP contribution in [0, 0.1) is 0 Å². The average molecular weight is 155 g/mol. The normalized spacial score (nSPS) is 12.5. The van der Waals surface area contributed by atoms with Gasteiger partial charge < -0.3 is 9.15 Å². The van der Waals surface area contributed by atoms with E-state index in [0.717, 1.165) is 0 Å². The van der Waals surface area contributed by atoms with E-state index < -0.39 is 0 Å². The number of rotatable bonds is 2. The zero-order valence-electron chi connectivity index (χ0n) is 6.40. The zero-order valence-corrected chi connectivity index (χ0v) is 6.40. The maximum atomic E-state index is 10.9. The van der Waals surface area contributed by atoms with E-state index in [-0.39, 0.29) is 11.9 Å². The molecule has 1 aromatic rings. The van der Waals surface area contributed by atoms with Gasteiger partial charge in [-0.3, -0.25) is 4.79 Å². The average Bonchev–Trinajstić information content (AvgIpc) is 2.53. The minimum atomic E-state index is -0.348. The van der Waals surface area contributed by atoms with E-state index in [4.69, 9.17) is 4.42 Å². The number of hydrogen-bond donors (Lipinski definition) is 0. The van der Waals surface area contributed by atoms with Gasteiger partial charge in [-0.15, -0.1) is 0 Å². The van der Waals surface area contributed by atoms with Crippen molar-refractivity contribution in [1.82, 2.24) is 4.98 Å². The van der Waals surface area contributed by atoms with Crippen molar-refractivity contribution < 1.29 is 13.9 Å². The van der Waals surface area contributed by atoms with Gasteiger partial charge in [0.1, 0.15) is 6.26 Å². The molecule has 1 rings (SSSR count). The number of ether oxygens (including phenoxy) is 1. The molecule has 0 N–H and O–H groups in total. The van der Waals surface area contributed by atoms with Gasteiger partial charge in [0.15, 0.2) is 6.39 Å². The monoisotopic (exact) mass is 155 g/mol. The molecule has 0 aliphatic heterocycles. The summed E-state index contributed by atoms with van der Waals surface area (Å²) >= 11 is 0. The second kappa shape index (κ2) is 3.18. The highest BCUT2D eigenvalue weighted by Gasteiger charge is 2.17. The van der Waals surface area contributed by atoms with Gasteiger partial charge in [-0.2, -0.15) is 0 Å². The summed E-state index contributed by atoms with van der Waals surface area (Å²) in [5.41, 5.74) is 0.594. The fraction of sp³-hybridized carbons (Fsp3) is 0.429. The first-order chi connectivity index (χ1) is 5.25. The lowest BCUT2D eigenvalue weighted by Gasteiger charge is -2.03. The summed E-state index contributed by atoms with van der Waals surface area (Å²) in [6, 6.07) is 0. The van der Waals surface area contributed by atoms with Crippen molar-refractivity contribution in [3.05, 3.63) is 18.4 Å². The van der Waals surface area contributed by atoms with Gasteiger partial charge in [-0.25, -0.2) is 4.98 Å². The Bertz CT molecular complexity index is 230. The fourth-order valence-corrected chi connectivity index (χ4v) is 0.733. The third-order valence-corrected chi connectivity index (χ3v) is 1.45. The predicted molar refractivity (Wildman–Crippen MR) is 36.9 cm³/mol. The molecule has 4 heteroatoms. The molecular weight excluding hydrogens is 146 g/mol. The fourth-order valence-electron chi connectivity index (χ4n) is 0.733. The minimum Gasteiger partial charge on any atom is -0.469 e. The van der Waals surface area contributed by atoms with Gasteiger partial charge in [-0.1, -0.05) is 0 Å². The quantitative estimate of drug-likeness (QED) is 0.596. The molecule has 11 heavy (non-hydrogen) atoms. The molecule has 0 aliphatic rings. The van der Waals surface area contributed by atoms with E-state index in [1.54, 1.807) is 6.92 Å². The highest BCUT2D eigenvalue weighted by Crippen LogP contribution is 2.13. The van der Waals surface area contributed by atoms with Crippen LogP contribution in [-0.2, 0) is 9.53 Å². The lowest BCUT2D eigenvalue weighted by molar-refractivity contribution is -0.142. The van der Waals surface area contributed by atoms with Crippen LogP contribution in [0.3, 0.4) is 0 Å². The number of methoxy groups -OCH3 is 1. The number of aromatic nitrogens is 1. The molecule has 1 unspecified atom stereocenters. The van der Waals surface area contributed by atoms with Crippen LogP contribution >= 0.6 is 0 Å². The Morgan fingerprint density at radius 1 is 1.82 bits per heavy atom. The Labute approximate surface area is 64.2 Å². The first-order valence-corrected chi connectivity index (χ1v) is 3.21. The van der Waals surface area contributed by atoms with E-state index in [0.29, 0.717) is 5.69 Å². The van der Waals surface area contributed by atoms with Crippen molar-refractivity contribution in [1.29, 1.82) is 0 Å². The predicted octanol–water partition coefficient (Wildman–Crippen LogP) is 0.951. The van der Waals surface area contributed by atoms with Crippen LogP contribution in [-0.4, -0.2) is 18.1 Å². The SMILES string of the molecule is COC(=O)C(C)c1cocn1. The Morgan fingerprint density at radius 2 is 2.55 bits per heavy atom. The smallest absolute Gasteiger partial charge is 0.314 e. The van der Waals surface area contributed by atoms with Crippen molar-refractivity contribution in [3.8, 4) is 0 Å². The van der Waals surface area contributed by atoms with E-state index in [2.05, 4.69) is 9.72 Å². The molecule has 0 saturated heterocycles. The molecule has 0 amide bonds. The third-order valence-electron chi connectivity index (χ3n) is 1.45. The molecule has 0 aromatic carbocycles. The summed E-state index contributed by atoms with van der Waals surface area (Å²) in [7, 11) is 1.35. The molecule has 0 aliphatic carbocycles. The van der Waals surface area contributed by atoms with Gasteiger partial charge in [0.25, 0.3) is 0 Å². The molecule has 0 fully saturated rings. The van der Waals surface area contributed by atoms with Gasteiger partial charge in [0.2, 0.25) is 0 Å². The Balaban J connectivity index is 2.70. The minimum absolute atomic E-state index is 0.307. The Morgan fingerprint density at radius 3 is 3.00 bits per heavy atom. The van der Waals surface area contributed by atoms with Crippen molar-refractivity contribution >= 4 is 5.97 Å². The zero-order chi connectivity index (χ0) is 8.27. The van der Waals surface area contributed by atoms with Gasteiger partial charge in [-0.05, 0) is 6.92 Å². The van der Waals surface area contributed by atoms with Crippen molar-refractivity contribution in [2.45, 2.75) is 12.8 Å². The highest BCUT2D eigenvalue weighted by molar-refractivity contribution is 5.76. The van der Waals surface area contributed by atoms with Crippen LogP contribution in [0.15, 0.2) is 17.1 Å². The highest BCUT2D eigenvalue weighted by atomic mass is 16.5. The summed E-state index contributed by atoms with van der Waals surface area (Å²) in [6.45, 7) is 1.71. The number of carbonyl (C=O) groups excluding carboxylic acids is 1. The number of esters is 1. The van der Waals surface area contributed by atoms with Crippen LogP contribution in [0.2, 0.25) is 0 Å². The molecular formula is C7H9NO3. The van der Waals surface area contributed by atoms with Crippen LogP contribution in [0.4, 0.5) is 0 Å². The molecule has 60 valence electrons. The number of hydrogen-bond acceptors (Lipinski definition) is 4. The largest absolute Gasteiger partial charge is 0.469 e. The van der Waals surface area contributed by atoms with E-state index in [1.165, 1.54) is 19.8 Å². The maximum Gasteiger partial charge on any atom is 0.314 e. The second-order valence-electron chi connectivity index (χ2n) is 2.16. The molecule has 1 aromatic heterocycles. The maximum absolute atomic E-state index is 10.9. The van der Waals surface area contributed by atoms with Crippen molar-refractivity contribution in [2.75, 3.05) is 7.11 Å². The lowest BCUT2D eigenvalue weighted by Crippen LogP contribution is -2.10.